The molecule has 1 saturated heterocycles. The number of nitrogens with one attached hydrogen (secondary N) is 1. The van der Waals surface area contributed by atoms with Gasteiger partial charge in [-0.25, -0.2) is 0 Å². The fourth-order valence-corrected chi connectivity index (χ4v) is 3.85. The van der Waals surface area contributed by atoms with Crippen LogP contribution < -0.4 is 14.8 Å². The monoisotopic (exact) mass is 426 g/mol. The van der Waals surface area contributed by atoms with E-state index in [1.807, 2.05) is 31.3 Å². The minimum absolute atomic E-state index is 0.311. The molecule has 1 heterocycles. The Morgan fingerprint density at radius 2 is 1.77 bits per heavy atom. The van der Waals surface area contributed by atoms with Gasteiger partial charge in [-0.3, -0.25) is 9.89 Å². The number of piperazine rings is 1. The Bertz CT molecular complexity index is 846. The molecule has 0 aromatic heterocycles. The summed E-state index contributed by atoms with van der Waals surface area (Å²) in [4.78, 5) is 9.23. The topological polar surface area (TPSA) is 69.6 Å². The fourth-order valence-electron chi connectivity index (χ4n) is 3.85. The molecule has 0 radical (unpaired) electrons. The van der Waals surface area contributed by atoms with Gasteiger partial charge in [-0.15, -0.1) is 0 Å². The summed E-state index contributed by atoms with van der Waals surface area (Å²) in [6.45, 7) is 5.51. The Hall–Kier alpha value is -2.93. The molecule has 0 amide bonds. The van der Waals surface area contributed by atoms with Crippen molar-refractivity contribution in [1.29, 1.82) is 0 Å². The van der Waals surface area contributed by atoms with E-state index in [1.54, 1.807) is 26.4 Å². The van der Waals surface area contributed by atoms with Crippen LogP contribution in [0.1, 0.15) is 17.5 Å². The SMILES string of the molecule is CN=C(NCCCc1ccc(O)cc1)N1CCN(Cc2cc(OC)ccc2OC)CC1. The van der Waals surface area contributed by atoms with E-state index in [9.17, 15) is 5.11 Å². The highest BCUT2D eigenvalue weighted by Gasteiger charge is 2.20. The third-order valence-corrected chi connectivity index (χ3v) is 5.63. The average Bonchev–Trinajstić information content (AvgIpc) is 2.81. The number of aryl methyl sites for hydroxylation is 1. The van der Waals surface area contributed by atoms with Crippen LogP contribution in [0, 0.1) is 0 Å². The van der Waals surface area contributed by atoms with Crippen LogP contribution in [0.4, 0.5) is 0 Å². The third kappa shape index (κ3) is 6.52. The normalized spacial score (nSPS) is 15.1. The number of guanidine groups is 1. The van der Waals surface area contributed by atoms with Gasteiger partial charge in [0.2, 0.25) is 0 Å². The zero-order valence-corrected chi connectivity index (χ0v) is 18.8. The van der Waals surface area contributed by atoms with Gasteiger partial charge in [0, 0.05) is 51.9 Å². The highest BCUT2D eigenvalue weighted by molar-refractivity contribution is 5.80. The Morgan fingerprint density at radius 3 is 2.42 bits per heavy atom. The van der Waals surface area contributed by atoms with Gasteiger partial charge in [0.1, 0.15) is 17.2 Å². The maximum atomic E-state index is 9.38. The number of hydrogen-bond donors (Lipinski definition) is 2. The van der Waals surface area contributed by atoms with Crippen molar-refractivity contribution >= 4 is 5.96 Å². The Morgan fingerprint density at radius 1 is 1.03 bits per heavy atom. The highest BCUT2D eigenvalue weighted by atomic mass is 16.5. The zero-order valence-electron chi connectivity index (χ0n) is 18.8. The lowest BCUT2D eigenvalue weighted by Crippen LogP contribution is -2.52. The number of aromatic hydroxyl groups is 1. The Labute approximate surface area is 185 Å². The maximum Gasteiger partial charge on any atom is 0.193 e. The first-order chi connectivity index (χ1) is 15.1. The van der Waals surface area contributed by atoms with Gasteiger partial charge in [-0.05, 0) is 48.7 Å². The van der Waals surface area contributed by atoms with Gasteiger partial charge >= 0.3 is 0 Å². The molecule has 1 aliphatic heterocycles. The summed E-state index contributed by atoms with van der Waals surface area (Å²) in [7, 11) is 5.24. The minimum Gasteiger partial charge on any atom is -0.508 e. The first-order valence-corrected chi connectivity index (χ1v) is 10.8. The van der Waals surface area contributed by atoms with Gasteiger partial charge in [0.05, 0.1) is 14.2 Å². The van der Waals surface area contributed by atoms with Crippen molar-refractivity contribution in [1.82, 2.24) is 15.1 Å². The second kappa shape index (κ2) is 11.5. The number of rotatable bonds is 8. The van der Waals surface area contributed by atoms with Gasteiger partial charge < -0.3 is 24.8 Å². The van der Waals surface area contributed by atoms with Gasteiger partial charge in [-0.1, -0.05) is 12.1 Å². The van der Waals surface area contributed by atoms with Crippen molar-refractivity contribution in [2.24, 2.45) is 4.99 Å². The van der Waals surface area contributed by atoms with E-state index in [2.05, 4.69) is 26.2 Å². The smallest absolute Gasteiger partial charge is 0.193 e. The largest absolute Gasteiger partial charge is 0.508 e. The van der Waals surface area contributed by atoms with Crippen molar-refractivity contribution in [2.45, 2.75) is 19.4 Å². The molecule has 0 atom stereocenters. The molecule has 0 aliphatic carbocycles. The molecule has 1 fully saturated rings. The molecule has 3 rings (SSSR count). The minimum atomic E-state index is 0.311. The molecule has 2 aromatic carbocycles. The number of benzene rings is 2. The van der Waals surface area contributed by atoms with E-state index in [4.69, 9.17) is 9.47 Å². The number of phenolic OH excluding ortho intramolecular Hbond substituents is 1. The van der Waals surface area contributed by atoms with Crippen LogP contribution in [0.3, 0.4) is 0 Å². The van der Waals surface area contributed by atoms with Crippen LogP contribution in [0.25, 0.3) is 0 Å². The molecular formula is C24H34N4O3. The third-order valence-electron chi connectivity index (χ3n) is 5.63. The number of methoxy groups -OCH3 is 2. The maximum absolute atomic E-state index is 9.38. The lowest BCUT2D eigenvalue weighted by atomic mass is 10.1. The average molecular weight is 427 g/mol. The lowest BCUT2D eigenvalue weighted by Gasteiger charge is -2.36. The number of ether oxygens (including phenoxy) is 2. The van der Waals surface area contributed by atoms with Gasteiger partial charge in [0.25, 0.3) is 0 Å². The van der Waals surface area contributed by atoms with E-state index in [0.29, 0.717) is 5.75 Å². The van der Waals surface area contributed by atoms with Crippen molar-refractivity contribution in [3.05, 3.63) is 53.6 Å². The van der Waals surface area contributed by atoms with Crippen LogP contribution in [0.5, 0.6) is 17.2 Å². The molecule has 168 valence electrons. The number of nitrogens with zero attached hydrogens (tertiary/aromatic N) is 3. The van der Waals surface area contributed by atoms with Gasteiger partial charge in [-0.2, -0.15) is 0 Å². The molecule has 7 nitrogen and oxygen atoms in total. The summed E-state index contributed by atoms with van der Waals surface area (Å²) in [5.41, 5.74) is 2.38. The molecule has 0 bridgehead atoms. The number of hydrogen-bond acceptors (Lipinski definition) is 5. The molecule has 2 aromatic rings. The van der Waals surface area contributed by atoms with Crippen LogP contribution >= 0.6 is 0 Å². The summed E-state index contributed by atoms with van der Waals surface area (Å²) in [6.07, 6.45) is 1.99. The molecular weight excluding hydrogens is 392 g/mol. The zero-order chi connectivity index (χ0) is 22.1. The molecule has 0 spiro atoms. The van der Waals surface area contributed by atoms with E-state index < -0.39 is 0 Å². The van der Waals surface area contributed by atoms with Crippen molar-refractivity contribution in [2.75, 3.05) is 54.0 Å². The second-order valence-corrected chi connectivity index (χ2v) is 7.68. The molecule has 7 heteroatoms. The van der Waals surface area contributed by atoms with Crippen molar-refractivity contribution in [3.63, 3.8) is 0 Å². The summed E-state index contributed by atoms with van der Waals surface area (Å²) >= 11 is 0. The molecule has 0 saturated carbocycles. The number of phenols is 1. The summed E-state index contributed by atoms with van der Waals surface area (Å²) < 4.78 is 10.9. The standard InChI is InChI=1S/C24H34N4O3/c1-25-24(26-12-4-5-19-6-8-21(29)9-7-19)28-15-13-27(14-16-28)18-20-17-22(30-2)10-11-23(20)31-3/h6-11,17,29H,4-5,12-16,18H2,1-3H3,(H,25,26). The molecule has 31 heavy (non-hydrogen) atoms. The predicted molar refractivity (Wildman–Crippen MR) is 124 cm³/mol. The van der Waals surface area contributed by atoms with Gasteiger partial charge in [0.15, 0.2) is 5.96 Å². The Balaban J connectivity index is 1.44. The van der Waals surface area contributed by atoms with Crippen LogP contribution in [-0.4, -0.2) is 74.9 Å². The van der Waals surface area contributed by atoms with E-state index >= 15 is 0 Å². The molecule has 0 unspecified atom stereocenters. The molecule has 2 N–H and O–H groups in total. The van der Waals surface area contributed by atoms with Crippen LogP contribution in [0.15, 0.2) is 47.5 Å². The second-order valence-electron chi connectivity index (χ2n) is 7.68. The van der Waals surface area contributed by atoms with E-state index in [0.717, 1.165) is 75.1 Å². The fraction of sp³-hybridized carbons (Fsp3) is 0.458. The molecule has 1 aliphatic rings. The first kappa shape index (κ1) is 22.7. The lowest BCUT2D eigenvalue weighted by molar-refractivity contribution is 0.171. The number of aliphatic imine (C=N–C) groups is 1. The van der Waals surface area contributed by atoms with Crippen LogP contribution in [-0.2, 0) is 13.0 Å². The van der Waals surface area contributed by atoms with Crippen molar-refractivity contribution < 1.29 is 14.6 Å². The Kier molecular flexibility index (Phi) is 8.41. The van der Waals surface area contributed by atoms with Crippen molar-refractivity contribution in [3.8, 4) is 17.2 Å². The quantitative estimate of drug-likeness (QED) is 0.384. The van der Waals surface area contributed by atoms with Crippen LogP contribution in [0.2, 0.25) is 0 Å². The highest BCUT2D eigenvalue weighted by Crippen LogP contribution is 2.25. The summed E-state index contributed by atoms with van der Waals surface area (Å²) in [6, 6.07) is 13.4. The van der Waals surface area contributed by atoms with E-state index in [1.165, 1.54) is 5.56 Å². The van der Waals surface area contributed by atoms with E-state index in [-0.39, 0.29) is 0 Å². The predicted octanol–water partition coefficient (Wildman–Crippen LogP) is 2.74. The summed E-state index contributed by atoms with van der Waals surface area (Å²) in [5, 5.41) is 12.9. The summed E-state index contributed by atoms with van der Waals surface area (Å²) in [5.74, 6) is 3.02. The first-order valence-electron chi connectivity index (χ1n) is 10.8.